The first-order chi connectivity index (χ1) is 13.2. The van der Waals surface area contributed by atoms with Crippen molar-refractivity contribution in [2.75, 3.05) is 37.5 Å². The molecule has 0 radical (unpaired) electrons. The van der Waals surface area contributed by atoms with Crippen molar-refractivity contribution in [1.82, 2.24) is 4.72 Å². The van der Waals surface area contributed by atoms with Crippen molar-refractivity contribution in [2.45, 2.75) is 4.90 Å². The van der Waals surface area contributed by atoms with E-state index in [-0.39, 0.29) is 4.90 Å². The van der Waals surface area contributed by atoms with Crippen LogP contribution in [0.3, 0.4) is 0 Å². The Hall–Kier alpha value is -2.98. The maximum Gasteiger partial charge on any atom is 0.321 e. The molecule has 0 spiro atoms. The fourth-order valence-corrected chi connectivity index (χ4v) is 3.11. The van der Waals surface area contributed by atoms with Crippen molar-refractivity contribution in [3.63, 3.8) is 0 Å². The van der Waals surface area contributed by atoms with Gasteiger partial charge in [0.1, 0.15) is 12.4 Å². The van der Waals surface area contributed by atoms with E-state index in [4.69, 9.17) is 4.74 Å². The van der Waals surface area contributed by atoms with Crippen LogP contribution in [-0.2, 0) is 24.3 Å². The zero-order valence-corrected chi connectivity index (χ0v) is 16.1. The van der Waals surface area contributed by atoms with Crippen LogP contribution < -0.4 is 14.9 Å². The summed E-state index contributed by atoms with van der Waals surface area (Å²) in [4.78, 5) is 25.1. The lowest BCUT2D eigenvalue weighted by Gasteiger charge is -2.13. The Morgan fingerprint density at radius 3 is 2.39 bits per heavy atom. The van der Waals surface area contributed by atoms with Crippen molar-refractivity contribution >= 4 is 33.3 Å². The normalized spacial score (nSPS) is 11.0. The molecule has 8 nitrogen and oxygen atoms in total. The summed E-state index contributed by atoms with van der Waals surface area (Å²) < 4.78 is 43.8. The molecule has 0 atom stereocenters. The standard InChI is InChI=1S/C18H20FN3O5S/c1-22(2)15-8-6-14(7-9-15)21-17(23)12-27-18(24)11-20-28(25,26)16-5-3-4-13(19)10-16/h3-10,20H,11-12H2,1-2H3,(H,21,23). The van der Waals surface area contributed by atoms with Gasteiger partial charge in [-0.3, -0.25) is 9.59 Å². The molecule has 2 rings (SSSR count). The number of halogens is 1. The monoisotopic (exact) mass is 409 g/mol. The molecule has 0 unspecified atom stereocenters. The van der Waals surface area contributed by atoms with Crippen LogP contribution in [0.4, 0.5) is 15.8 Å². The lowest BCUT2D eigenvalue weighted by molar-refractivity contribution is -0.146. The molecule has 0 aromatic heterocycles. The van der Waals surface area contributed by atoms with Crippen LogP contribution in [0.15, 0.2) is 53.4 Å². The highest BCUT2D eigenvalue weighted by Gasteiger charge is 2.17. The average molecular weight is 409 g/mol. The molecule has 0 saturated carbocycles. The van der Waals surface area contributed by atoms with Gasteiger partial charge in [0, 0.05) is 25.5 Å². The van der Waals surface area contributed by atoms with Gasteiger partial charge in [-0.1, -0.05) is 6.07 Å². The van der Waals surface area contributed by atoms with Gasteiger partial charge in [0.2, 0.25) is 10.0 Å². The minimum atomic E-state index is -4.07. The molecular formula is C18H20FN3O5S. The Kier molecular flexibility index (Phi) is 7.07. The minimum Gasteiger partial charge on any atom is -0.455 e. The fourth-order valence-electron chi connectivity index (χ4n) is 2.11. The highest BCUT2D eigenvalue weighted by Crippen LogP contribution is 2.15. The Bertz CT molecular complexity index is 946. The summed E-state index contributed by atoms with van der Waals surface area (Å²) >= 11 is 0. The van der Waals surface area contributed by atoms with Crippen LogP contribution in [0.2, 0.25) is 0 Å². The summed E-state index contributed by atoms with van der Waals surface area (Å²) in [5, 5.41) is 2.55. The van der Waals surface area contributed by atoms with Crippen molar-refractivity contribution in [2.24, 2.45) is 0 Å². The summed E-state index contributed by atoms with van der Waals surface area (Å²) in [5.74, 6) is -2.24. The number of carbonyl (C=O) groups excluding carboxylic acids is 2. The zero-order valence-electron chi connectivity index (χ0n) is 15.3. The molecule has 2 aromatic carbocycles. The van der Waals surface area contributed by atoms with Gasteiger partial charge in [-0.15, -0.1) is 0 Å². The predicted octanol–water partition coefficient (Wildman–Crippen LogP) is 1.35. The summed E-state index contributed by atoms with van der Waals surface area (Å²) in [7, 11) is -0.303. The SMILES string of the molecule is CN(C)c1ccc(NC(=O)COC(=O)CNS(=O)(=O)c2cccc(F)c2)cc1. The van der Waals surface area contributed by atoms with Crippen LogP contribution in [0.25, 0.3) is 0 Å². The summed E-state index contributed by atoms with van der Waals surface area (Å²) in [6.45, 7) is -1.26. The van der Waals surface area contributed by atoms with E-state index in [0.717, 1.165) is 17.8 Å². The van der Waals surface area contributed by atoms with Crippen molar-refractivity contribution in [3.8, 4) is 0 Å². The van der Waals surface area contributed by atoms with Gasteiger partial charge in [0.25, 0.3) is 5.91 Å². The van der Waals surface area contributed by atoms with Crippen LogP contribution in [-0.4, -0.2) is 47.5 Å². The van der Waals surface area contributed by atoms with E-state index >= 15 is 0 Å². The molecule has 2 N–H and O–H groups in total. The Labute approximate surface area is 162 Å². The lowest BCUT2D eigenvalue weighted by Crippen LogP contribution is -2.32. The molecule has 28 heavy (non-hydrogen) atoms. The number of benzene rings is 2. The highest BCUT2D eigenvalue weighted by molar-refractivity contribution is 7.89. The number of ether oxygens (including phenoxy) is 1. The van der Waals surface area contributed by atoms with Gasteiger partial charge in [0.15, 0.2) is 6.61 Å². The molecule has 2 aromatic rings. The fraction of sp³-hybridized carbons (Fsp3) is 0.222. The number of amides is 1. The molecule has 10 heteroatoms. The second-order valence-corrected chi connectivity index (χ2v) is 7.70. The van der Waals surface area contributed by atoms with Crippen molar-refractivity contribution < 1.29 is 27.1 Å². The van der Waals surface area contributed by atoms with Gasteiger partial charge in [-0.2, -0.15) is 4.72 Å². The molecule has 150 valence electrons. The van der Waals surface area contributed by atoms with E-state index < -0.39 is 40.9 Å². The third-order valence-corrected chi connectivity index (χ3v) is 4.94. The summed E-state index contributed by atoms with van der Waals surface area (Å²) in [6.07, 6.45) is 0. The quantitative estimate of drug-likeness (QED) is 0.638. The smallest absolute Gasteiger partial charge is 0.321 e. The van der Waals surface area contributed by atoms with E-state index in [9.17, 15) is 22.4 Å². The van der Waals surface area contributed by atoms with E-state index in [0.29, 0.717) is 5.69 Å². The minimum absolute atomic E-state index is 0.320. The highest BCUT2D eigenvalue weighted by atomic mass is 32.2. The van der Waals surface area contributed by atoms with E-state index in [1.54, 1.807) is 12.1 Å². The van der Waals surface area contributed by atoms with Crippen molar-refractivity contribution in [1.29, 1.82) is 0 Å². The molecule has 1 amide bonds. The van der Waals surface area contributed by atoms with Crippen LogP contribution in [0.1, 0.15) is 0 Å². The molecule has 0 fully saturated rings. The molecule has 0 aliphatic rings. The van der Waals surface area contributed by atoms with Gasteiger partial charge < -0.3 is 15.0 Å². The molecule has 0 aliphatic heterocycles. The Morgan fingerprint density at radius 2 is 1.79 bits per heavy atom. The van der Waals surface area contributed by atoms with E-state index in [1.807, 2.05) is 35.9 Å². The topological polar surface area (TPSA) is 105 Å². The first kappa shape index (κ1) is 21.3. The molecular weight excluding hydrogens is 389 g/mol. The predicted molar refractivity (Wildman–Crippen MR) is 102 cm³/mol. The van der Waals surface area contributed by atoms with E-state index in [1.165, 1.54) is 12.1 Å². The first-order valence-electron chi connectivity index (χ1n) is 8.15. The maximum absolute atomic E-state index is 13.1. The number of nitrogens with one attached hydrogen (secondary N) is 2. The van der Waals surface area contributed by atoms with Crippen LogP contribution in [0, 0.1) is 5.82 Å². The van der Waals surface area contributed by atoms with Gasteiger partial charge >= 0.3 is 5.97 Å². The van der Waals surface area contributed by atoms with Crippen LogP contribution >= 0.6 is 0 Å². The van der Waals surface area contributed by atoms with Crippen molar-refractivity contribution in [3.05, 3.63) is 54.3 Å². The molecule has 0 heterocycles. The zero-order chi connectivity index (χ0) is 20.7. The third-order valence-electron chi connectivity index (χ3n) is 3.54. The second-order valence-electron chi connectivity index (χ2n) is 5.93. The number of sulfonamides is 1. The lowest BCUT2D eigenvalue weighted by atomic mass is 10.2. The molecule has 0 bridgehead atoms. The number of anilines is 2. The largest absolute Gasteiger partial charge is 0.455 e. The Balaban J connectivity index is 1.79. The number of nitrogens with zero attached hydrogens (tertiary/aromatic N) is 1. The number of hydrogen-bond acceptors (Lipinski definition) is 6. The summed E-state index contributed by atoms with van der Waals surface area (Å²) in [6, 6.07) is 11.3. The molecule has 0 saturated heterocycles. The average Bonchev–Trinajstić information content (AvgIpc) is 2.65. The molecule has 0 aliphatic carbocycles. The number of carbonyl (C=O) groups is 2. The first-order valence-corrected chi connectivity index (χ1v) is 9.64. The van der Waals surface area contributed by atoms with E-state index in [2.05, 4.69) is 5.32 Å². The number of hydrogen-bond donors (Lipinski definition) is 2. The van der Waals surface area contributed by atoms with Gasteiger partial charge in [-0.25, -0.2) is 12.8 Å². The maximum atomic E-state index is 13.1. The Morgan fingerprint density at radius 1 is 1.11 bits per heavy atom. The number of esters is 1. The van der Waals surface area contributed by atoms with Gasteiger partial charge in [-0.05, 0) is 42.5 Å². The summed E-state index contributed by atoms with van der Waals surface area (Å²) in [5.41, 5.74) is 1.48. The second kappa shape index (κ2) is 9.29. The number of rotatable bonds is 8. The van der Waals surface area contributed by atoms with Crippen LogP contribution in [0.5, 0.6) is 0 Å². The van der Waals surface area contributed by atoms with Gasteiger partial charge in [0.05, 0.1) is 4.90 Å². The third kappa shape index (κ3) is 6.32.